The van der Waals surface area contributed by atoms with E-state index in [9.17, 15) is 13.9 Å². The van der Waals surface area contributed by atoms with Crippen LogP contribution in [-0.4, -0.2) is 17.3 Å². The second kappa shape index (κ2) is 4.11. The molecule has 88 valence electrons. The standard InChI is InChI=1S/C12H14F2O2/c1-12(5-2-6-16-12)11(15)9-4-3-8(13)7-10(9)14/h3-4,7,11,15H,2,5-6H2,1H3. The van der Waals surface area contributed by atoms with Crippen molar-refractivity contribution < 1.29 is 18.6 Å². The van der Waals surface area contributed by atoms with Gasteiger partial charge in [-0.05, 0) is 25.8 Å². The quantitative estimate of drug-likeness (QED) is 0.843. The summed E-state index contributed by atoms with van der Waals surface area (Å²) < 4.78 is 31.6. The fraction of sp³-hybridized carbons (Fsp3) is 0.500. The lowest BCUT2D eigenvalue weighted by Gasteiger charge is -2.29. The molecule has 1 aromatic carbocycles. The van der Waals surface area contributed by atoms with E-state index in [1.165, 1.54) is 6.07 Å². The summed E-state index contributed by atoms with van der Waals surface area (Å²) in [5, 5.41) is 10.1. The molecular formula is C12H14F2O2. The lowest BCUT2D eigenvalue weighted by Crippen LogP contribution is -2.32. The third kappa shape index (κ3) is 1.95. The Balaban J connectivity index is 2.29. The first kappa shape index (κ1) is 11.5. The van der Waals surface area contributed by atoms with Crippen molar-refractivity contribution in [3.05, 3.63) is 35.4 Å². The zero-order valence-electron chi connectivity index (χ0n) is 9.04. The Bertz CT molecular complexity index is 387. The van der Waals surface area contributed by atoms with E-state index in [1.54, 1.807) is 6.92 Å². The molecule has 1 aromatic rings. The molecule has 0 spiro atoms. The van der Waals surface area contributed by atoms with Crippen molar-refractivity contribution in [3.8, 4) is 0 Å². The molecule has 0 bridgehead atoms. The second-order valence-electron chi connectivity index (χ2n) is 4.33. The van der Waals surface area contributed by atoms with E-state index in [1.807, 2.05) is 0 Å². The minimum atomic E-state index is -1.06. The van der Waals surface area contributed by atoms with Crippen molar-refractivity contribution >= 4 is 0 Å². The summed E-state index contributed by atoms with van der Waals surface area (Å²) in [5.41, 5.74) is -0.677. The van der Waals surface area contributed by atoms with Crippen molar-refractivity contribution in [2.45, 2.75) is 31.5 Å². The van der Waals surface area contributed by atoms with Crippen molar-refractivity contribution in [2.75, 3.05) is 6.61 Å². The Labute approximate surface area is 92.9 Å². The molecule has 1 aliphatic heterocycles. The summed E-state index contributed by atoms with van der Waals surface area (Å²) >= 11 is 0. The zero-order chi connectivity index (χ0) is 11.8. The van der Waals surface area contributed by atoms with Gasteiger partial charge in [0.1, 0.15) is 17.7 Å². The molecule has 2 atom stereocenters. The molecule has 2 nitrogen and oxygen atoms in total. The fourth-order valence-corrected chi connectivity index (χ4v) is 2.07. The Kier molecular flexibility index (Phi) is 2.95. The summed E-state index contributed by atoms with van der Waals surface area (Å²) in [5.74, 6) is -1.38. The van der Waals surface area contributed by atoms with Gasteiger partial charge in [0.25, 0.3) is 0 Å². The van der Waals surface area contributed by atoms with Gasteiger partial charge in [-0.15, -0.1) is 0 Å². The van der Waals surface area contributed by atoms with Crippen LogP contribution in [0, 0.1) is 11.6 Å². The largest absolute Gasteiger partial charge is 0.385 e. The molecule has 2 unspecified atom stereocenters. The van der Waals surface area contributed by atoms with Gasteiger partial charge in [-0.3, -0.25) is 0 Å². The molecule has 0 saturated carbocycles. The molecular weight excluding hydrogens is 214 g/mol. The minimum Gasteiger partial charge on any atom is -0.385 e. The van der Waals surface area contributed by atoms with E-state index >= 15 is 0 Å². The van der Waals surface area contributed by atoms with Crippen LogP contribution in [-0.2, 0) is 4.74 Å². The van der Waals surface area contributed by atoms with E-state index in [0.717, 1.165) is 18.6 Å². The number of hydrogen-bond donors (Lipinski definition) is 1. The normalized spacial score (nSPS) is 27.0. The van der Waals surface area contributed by atoms with E-state index < -0.39 is 23.3 Å². The monoisotopic (exact) mass is 228 g/mol. The Morgan fingerprint density at radius 3 is 2.75 bits per heavy atom. The molecule has 0 radical (unpaired) electrons. The molecule has 2 rings (SSSR count). The van der Waals surface area contributed by atoms with Gasteiger partial charge in [-0.25, -0.2) is 8.78 Å². The van der Waals surface area contributed by atoms with Gasteiger partial charge in [0.15, 0.2) is 0 Å². The van der Waals surface area contributed by atoms with Crippen molar-refractivity contribution in [1.82, 2.24) is 0 Å². The minimum absolute atomic E-state index is 0.0887. The lowest BCUT2D eigenvalue weighted by molar-refractivity contribution is -0.0808. The topological polar surface area (TPSA) is 29.5 Å². The van der Waals surface area contributed by atoms with Crippen LogP contribution in [0.2, 0.25) is 0 Å². The first-order valence-corrected chi connectivity index (χ1v) is 5.30. The SMILES string of the molecule is CC1(C(O)c2ccc(F)cc2F)CCCO1. The third-order valence-electron chi connectivity index (χ3n) is 3.08. The number of halogens is 2. The van der Waals surface area contributed by atoms with Gasteiger partial charge in [0.2, 0.25) is 0 Å². The smallest absolute Gasteiger partial charge is 0.132 e. The van der Waals surface area contributed by atoms with Crippen LogP contribution in [0.4, 0.5) is 8.78 Å². The summed E-state index contributed by atoms with van der Waals surface area (Å²) in [6, 6.07) is 3.18. The first-order valence-electron chi connectivity index (χ1n) is 5.30. The van der Waals surface area contributed by atoms with Crippen LogP contribution in [0.1, 0.15) is 31.4 Å². The number of benzene rings is 1. The summed E-state index contributed by atoms with van der Waals surface area (Å²) in [6.07, 6.45) is 0.456. The van der Waals surface area contributed by atoms with Crippen LogP contribution in [0.3, 0.4) is 0 Å². The number of aliphatic hydroxyl groups excluding tert-OH is 1. The van der Waals surface area contributed by atoms with E-state index in [-0.39, 0.29) is 5.56 Å². The van der Waals surface area contributed by atoms with Crippen molar-refractivity contribution in [2.24, 2.45) is 0 Å². The molecule has 0 aromatic heterocycles. The third-order valence-corrected chi connectivity index (χ3v) is 3.08. The molecule has 1 heterocycles. The van der Waals surface area contributed by atoms with Crippen LogP contribution in [0.15, 0.2) is 18.2 Å². The van der Waals surface area contributed by atoms with Crippen molar-refractivity contribution in [1.29, 1.82) is 0 Å². The number of rotatable bonds is 2. The number of hydrogen-bond acceptors (Lipinski definition) is 2. The van der Waals surface area contributed by atoms with Gasteiger partial charge in [0.05, 0.1) is 5.60 Å². The zero-order valence-corrected chi connectivity index (χ0v) is 9.04. The average molecular weight is 228 g/mol. The van der Waals surface area contributed by atoms with Crippen LogP contribution >= 0.6 is 0 Å². The molecule has 0 amide bonds. The van der Waals surface area contributed by atoms with Crippen LogP contribution < -0.4 is 0 Å². The second-order valence-corrected chi connectivity index (χ2v) is 4.33. The van der Waals surface area contributed by atoms with E-state index in [2.05, 4.69) is 0 Å². The Hall–Kier alpha value is -1.00. The number of ether oxygens (including phenoxy) is 1. The van der Waals surface area contributed by atoms with E-state index in [0.29, 0.717) is 13.0 Å². The molecule has 1 fully saturated rings. The molecule has 1 N–H and O–H groups in total. The Morgan fingerprint density at radius 2 is 2.19 bits per heavy atom. The van der Waals surface area contributed by atoms with Crippen LogP contribution in [0.25, 0.3) is 0 Å². The molecule has 16 heavy (non-hydrogen) atoms. The maximum Gasteiger partial charge on any atom is 0.132 e. The van der Waals surface area contributed by atoms with Gasteiger partial charge in [-0.1, -0.05) is 6.07 Å². The summed E-state index contributed by atoms with van der Waals surface area (Å²) in [7, 11) is 0. The molecule has 1 aliphatic rings. The molecule has 1 saturated heterocycles. The first-order chi connectivity index (χ1) is 7.53. The van der Waals surface area contributed by atoms with Crippen molar-refractivity contribution in [3.63, 3.8) is 0 Å². The average Bonchev–Trinajstić information content (AvgIpc) is 2.66. The summed E-state index contributed by atoms with van der Waals surface area (Å²) in [6.45, 7) is 2.31. The summed E-state index contributed by atoms with van der Waals surface area (Å²) in [4.78, 5) is 0. The highest BCUT2D eigenvalue weighted by molar-refractivity contribution is 5.23. The highest BCUT2D eigenvalue weighted by Crippen LogP contribution is 2.38. The highest BCUT2D eigenvalue weighted by Gasteiger charge is 2.39. The molecule has 0 aliphatic carbocycles. The van der Waals surface area contributed by atoms with Gasteiger partial charge in [-0.2, -0.15) is 0 Å². The highest BCUT2D eigenvalue weighted by atomic mass is 19.1. The van der Waals surface area contributed by atoms with Gasteiger partial charge >= 0.3 is 0 Å². The number of aliphatic hydroxyl groups is 1. The maximum atomic E-state index is 13.5. The van der Waals surface area contributed by atoms with E-state index in [4.69, 9.17) is 4.74 Å². The van der Waals surface area contributed by atoms with Crippen LogP contribution in [0.5, 0.6) is 0 Å². The fourth-order valence-electron chi connectivity index (χ4n) is 2.07. The predicted molar refractivity (Wildman–Crippen MR) is 54.9 cm³/mol. The molecule has 4 heteroatoms. The predicted octanol–water partition coefficient (Wildman–Crippen LogP) is 2.57. The lowest BCUT2D eigenvalue weighted by atomic mass is 9.90. The maximum absolute atomic E-state index is 13.5. The van der Waals surface area contributed by atoms with Gasteiger partial charge in [0, 0.05) is 18.2 Å². The van der Waals surface area contributed by atoms with Gasteiger partial charge < -0.3 is 9.84 Å². The Morgan fingerprint density at radius 1 is 1.44 bits per heavy atom.